The van der Waals surface area contributed by atoms with Crippen molar-refractivity contribution in [1.82, 2.24) is 0 Å². The molecule has 0 aromatic rings. The molecule has 7 nitrogen and oxygen atoms in total. The summed E-state index contributed by atoms with van der Waals surface area (Å²) in [5.74, 6) is -0.874. The lowest BCUT2D eigenvalue weighted by Crippen LogP contribution is -2.58. The molecule has 230 valence electrons. The van der Waals surface area contributed by atoms with E-state index in [1.54, 1.807) is 0 Å². The van der Waals surface area contributed by atoms with Crippen molar-refractivity contribution in [3.8, 4) is 0 Å². The smallest absolute Gasteiger partial charge is 0.303 e. The van der Waals surface area contributed by atoms with E-state index in [2.05, 4.69) is 40.7 Å². The fraction of sp³-hybridized carbons (Fsp3) is 0.824. The predicted molar refractivity (Wildman–Crippen MR) is 156 cm³/mol. The molecule has 0 aromatic carbocycles. The van der Waals surface area contributed by atoms with E-state index >= 15 is 0 Å². The quantitative estimate of drug-likeness (QED) is 0.216. The van der Waals surface area contributed by atoms with Crippen LogP contribution in [-0.2, 0) is 28.7 Å². The first-order valence-electron chi connectivity index (χ1n) is 15.6. The Morgan fingerprint density at radius 3 is 2.24 bits per heavy atom. The Hall–Kier alpha value is -2.02. The molecule has 4 rings (SSSR count). The number of ether oxygens (including phenoxy) is 2. The van der Waals surface area contributed by atoms with Crippen LogP contribution in [0.2, 0.25) is 0 Å². The molecule has 0 saturated heterocycles. The fourth-order valence-electron chi connectivity index (χ4n) is 10.2. The SMILES string of the molecule is CC(=O)OC(C(=O)C[C@H](C=O)[C@@H]1CC[C@]2(C)C3=CC[C@H]4C(C)(C)[C@H](OC(C)=O)CC[C@]4(C)[C@H]3CC[C@@]12C)C(C)(C)O. The van der Waals surface area contributed by atoms with Crippen molar-refractivity contribution in [3.63, 3.8) is 0 Å². The summed E-state index contributed by atoms with van der Waals surface area (Å²) < 4.78 is 11.0. The minimum atomic E-state index is -1.54. The molecule has 1 unspecified atom stereocenters. The molecule has 3 fully saturated rings. The second-order valence-electron chi connectivity index (χ2n) is 15.5. The third kappa shape index (κ3) is 5.12. The predicted octanol–water partition coefficient (Wildman–Crippen LogP) is 6.00. The molecule has 1 N–H and O–H groups in total. The maximum Gasteiger partial charge on any atom is 0.303 e. The number of Topliss-reactive ketones (excluding diaryl/α,β-unsaturated/α-hetero) is 1. The van der Waals surface area contributed by atoms with Crippen LogP contribution in [0.4, 0.5) is 0 Å². The summed E-state index contributed by atoms with van der Waals surface area (Å²) >= 11 is 0. The number of fused-ring (bicyclic) bond motifs is 5. The normalized spacial score (nSPS) is 39.2. The molecule has 41 heavy (non-hydrogen) atoms. The Morgan fingerprint density at radius 1 is 1.02 bits per heavy atom. The maximum atomic E-state index is 13.3. The highest BCUT2D eigenvalue weighted by Gasteiger charge is 2.66. The van der Waals surface area contributed by atoms with Gasteiger partial charge in [-0.2, -0.15) is 0 Å². The number of carbonyl (C=O) groups is 4. The molecular formula is C34H52O7. The van der Waals surface area contributed by atoms with E-state index in [0.29, 0.717) is 11.8 Å². The highest BCUT2D eigenvalue weighted by Crippen LogP contribution is 2.73. The average molecular weight is 573 g/mol. The summed E-state index contributed by atoms with van der Waals surface area (Å²) in [6.45, 7) is 17.3. The lowest BCUT2D eigenvalue weighted by molar-refractivity contribution is -0.175. The van der Waals surface area contributed by atoms with Crippen LogP contribution in [0.15, 0.2) is 11.6 Å². The summed E-state index contributed by atoms with van der Waals surface area (Å²) in [4.78, 5) is 49.5. The van der Waals surface area contributed by atoms with Gasteiger partial charge in [-0.3, -0.25) is 14.4 Å². The van der Waals surface area contributed by atoms with E-state index in [-0.39, 0.29) is 46.1 Å². The molecule has 0 spiro atoms. The van der Waals surface area contributed by atoms with E-state index in [4.69, 9.17) is 9.47 Å². The maximum absolute atomic E-state index is 13.3. The van der Waals surface area contributed by atoms with Crippen LogP contribution < -0.4 is 0 Å². The first-order valence-corrected chi connectivity index (χ1v) is 15.6. The number of hydrogen-bond acceptors (Lipinski definition) is 7. The number of esters is 2. The minimum absolute atomic E-state index is 0.0252. The van der Waals surface area contributed by atoms with Crippen LogP contribution in [-0.4, -0.2) is 46.9 Å². The largest absolute Gasteiger partial charge is 0.462 e. The topological polar surface area (TPSA) is 107 Å². The molecule has 9 atom stereocenters. The summed E-state index contributed by atoms with van der Waals surface area (Å²) in [5, 5.41) is 10.6. The van der Waals surface area contributed by atoms with Crippen LogP contribution in [0.3, 0.4) is 0 Å². The third-order valence-electron chi connectivity index (χ3n) is 12.5. The Labute approximate surface area is 246 Å². The van der Waals surface area contributed by atoms with Gasteiger partial charge in [0.05, 0.1) is 0 Å². The zero-order chi connectivity index (χ0) is 30.8. The minimum Gasteiger partial charge on any atom is -0.462 e. The second-order valence-corrected chi connectivity index (χ2v) is 15.5. The molecule has 0 bridgehead atoms. The lowest BCUT2D eigenvalue weighted by atomic mass is 9.41. The van der Waals surface area contributed by atoms with Crippen LogP contribution in [0.25, 0.3) is 0 Å². The van der Waals surface area contributed by atoms with Crippen LogP contribution in [0.1, 0.15) is 114 Å². The number of aliphatic hydroxyl groups is 1. The molecule has 4 aliphatic carbocycles. The summed E-state index contributed by atoms with van der Waals surface area (Å²) in [6, 6.07) is 0. The second kappa shape index (κ2) is 10.6. The van der Waals surface area contributed by atoms with Crippen molar-refractivity contribution in [2.24, 2.45) is 45.3 Å². The van der Waals surface area contributed by atoms with Crippen molar-refractivity contribution in [3.05, 3.63) is 11.6 Å². The molecule has 0 heterocycles. The van der Waals surface area contributed by atoms with Gasteiger partial charge in [-0.05, 0) is 92.8 Å². The van der Waals surface area contributed by atoms with E-state index < -0.39 is 29.4 Å². The molecule has 0 amide bonds. The number of hydrogen-bond donors (Lipinski definition) is 1. The first-order chi connectivity index (χ1) is 18.8. The van der Waals surface area contributed by atoms with Crippen molar-refractivity contribution in [1.29, 1.82) is 0 Å². The number of ketones is 1. The highest BCUT2D eigenvalue weighted by atomic mass is 16.6. The van der Waals surface area contributed by atoms with Crippen molar-refractivity contribution >= 4 is 24.0 Å². The average Bonchev–Trinajstić information content (AvgIpc) is 3.13. The van der Waals surface area contributed by atoms with Crippen LogP contribution in [0, 0.1) is 45.3 Å². The lowest BCUT2D eigenvalue weighted by Gasteiger charge is -2.64. The van der Waals surface area contributed by atoms with Gasteiger partial charge in [-0.15, -0.1) is 0 Å². The number of allylic oxidation sites excluding steroid dienone is 2. The van der Waals surface area contributed by atoms with Gasteiger partial charge in [0.15, 0.2) is 11.9 Å². The van der Waals surface area contributed by atoms with Gasteiger partial charge in [0, 0.05) is 31.6 Å². The van der Waals surface area contributed by atoms with Crippen LogP contribution >= 0.6 is 0 Å². The molecule has 0 aromatic heterocycles. The highest BCUT2D eigenvalue weighted by molar-refractivity contribution is 5.88. The third-order valence-corrected chi connectivity index (χ3v) is 12.5. The first kappa shape index (κ1) is 31.9. The molecule has 3 saturated carbocycles. The monoisotopic (exact) mass is 572 g/mol. The number of rotatable bonds is 8. The van der Waals surface area contributed by atoms with Gasteiger partial charge in [0.1, 0.15) is 18.0 Å². The van der Waals surface area contributed by atoms with Gasteiger partial charge >= 0.3 is 11.9 Å². The standard InChI is InChI=1S/C34H52O7/c1-20(36)40-28-14-15-32(7)24-13-17-33(8)23(12-16-34(33,9)25(24)10-11-27(32)30(28,3)4)22(19-35)18-26(38)29(31(5,6)39)41-21(2)37/h10,19,22-24,27-29,39H,11-18H2,1-9H3/t22-,23+,24+,27+,28-,29?,32-,33+,34-/m1/s1. The summed E-state index contributed by atoms with van der Waals surface area (Å²) in [6.07, 6.45) is 8.68. The van der Waals surface area contributed by atoms with E-state index in [0.717, 1.165) is 51.2 Å². The Morgan fingerprint density at radius 2 is 1.68 bits per heavy atom. The number of carbonyl (C=O) groups excluding carboxylic acids is 4. The summed E-state index contributed by atoms with van der Waals surface area (Å²) in [5.41, 5.74) is -0.260. The van der Waals surface area contributed by atoms with Crippen molar-refractivity contribution in [2.45, 2.75) is 131 Å². The Kier molecular flexibility index (Phi) is 8.25. The Bertz CT molecular complexity index is 1110. The molecular weight excluding hydrogens is 520 g/mol. The molecule has 0 radical (unpaired) electrons. The number of aldehydes is 1. The summed E-state index contributed by atoms with van der Waals surface area (Å²) in [7, 11) is 0. The van der Waals surface area contributed by atoms with Gasteiger partial charge in [0.25, 0.3) is 0 Å². The fourth-order valence-corrected chi connectivity index (χ4v) is 10.2. The van der Waals surface area contributed by atoms with Crippen molar-refractivity contribution in [2.75, 3.05) is 0 Å². The van der Waals surface area contributed by atoms with Gasteiger partial charge in [-0.25, -0.2) is 0 Å². The molecule has 0 aliphatic heterocycles. The molecule has 7 heteroatoms. The van der Waals surface area contributed by atoms with Gasteiger partial charge in [-0.1, -0.05) is 46.3 Å². The van der Waals surface area contributed by atoms with Gasteiger partial charge < -0.3 is 19.4 Å². The van der Waals surface area contributed by atoms with Gasteiger partial charge in [0.2, 0.25) is 0 Å². The van der Waals surface area contributed by atoms with E-state index in [1.165, 1.54) is 33.3 Å². The molecule has 4 aliphatic rings. The zero-order valence-corrected chi connectivity index (χ0v) is 26.7. The van der Waals surface area contributed by atoms with E-state index in [1.807, 2.05) is 0 Å². The van der Waals surface area contributed by atoms with Crippen molar-refractivity contribution < 1.29 is 33.8 Å². The Balaban J connectivity index is 1.61. The van der Waals surface area contributed by atoms with E-state index in [9.17, 15) is 24.3 Å². The van der Waals surface area contributed by atoms with Crippen LogP contribution in [0.5, 0.6) is 0 Å². The zero-order valence-electron chi connectivity index (χ0n) is 26.7.